The third-order valence-corrected chi connectivity index (χ3v) is 3.95. The van der Waals surface area contributed by atoms with Crippen LogP contribution < -0.4 is 10.1 Å². The van der Waals surface area contributed by atoms with Crippen LogP contribution in [0.2, 0.25) is 0 Å². The molecule has 0 amide bonds. The van der Waals surface area contributed by atoms with Crippen molar-refractivity contribution in [2.24, 2.45) is 0 Å². The zero-order valence-electron chi connectivity index (χ0n) is 11.4. The lowest BCUT2D eigenvalue weighted by Crippen LogP contribution is -2.13. The molecule has 3 nitrogen and oxygen atoms in total. The summed E-state index contributed by atoms with van der Waals surface area (Å²) in [5.41, 5.74) is 2.16. The van der Waals surface area contributed by atoms with E-state index in [4.69, 9.17) is 4.74 Å². The molecular weight excluding hydrogens is 384 g/mol. The van der Waals surface area contributed by atoms with Gasteiger partial charge in [0.15, 0.2) is 0 Å². The molecule has 0 saturated carbocycles. The van der Waals surface area contributed by atoms with Crippen molar-refractivity contribution in [1.82, 2.24) is 10.3 Å². The van der Waals surface area contributed by atoms with Gasteiger partial charge in [-0.3, -0.25) is 4.98 Å². The van der Waals surface area contributed by atoms with Crippen molar-refractivity contribution in [1.29, 1.82) is 0 Å². The highest BCUT2D eigenvalue weighted by molar-refractivity contribution is 9.10. The van der Waals surface area contributed by atoms with E-state index in [1.54, 1.807) is 6.20 Å². The number of halogens is 2. The molecule has 1 N–H and O–H groups in total. The van der Waals surface area contributed by atoms with Crippen LogP contribution in [-0.4, -0.2) is 12.0 Å². The Hall–Kier alpha value is -0.910. The molecule has 2 aromatic rings. The molecule has 20 heavy (non-hydrogen) atoms. The molecule has 1 aromatic carbocycles. The van der Waals surface area contributed by atoms with Gasteiger partial charge in [0.05, 0.1) is 0 Å². The van der Waals surface area contributed by atoms with Crippen LogP contribution in [0.3, 0.4) is 0 Å². The van der Waals surface area contributed by atoms with Crippen molar-refractivity contribution in [2.75, 3.05) is 7.05 Å². The van der Waals surface area contributed by atoms with Crippen LogP contribution in [0, 0.1) is 0 Å². The number of hydrogen-bond donors (Lipinski definition) is 1. The number of nitrogens with zero attached hydrogens (tertiary/aromatic N) is 1. The number of aromatic nitrogens is 1. The van der Waals surface area contributed by atoms with Gasteiger partial charge in [-0.05, 0) is 54.2 Å². The minimum Gasteiger partial charge on any atom is -0.489 e. The molecule has 0 saturated heterocycles. The van der Waals surface area contributed by atoms with Gasteiger partial charge in [0, 0.05) is 38.5 Å². The van der Waals surface area contributed by atoms with Crippen molar-refractivity contribution in [2.45, 2.75) is 19.6 Å². The SMILES string of the molecule is CNC(C)c1cc(Br)ccc1OCc1cncc(Br)c1. The van der Waals surface area contributed by atoms with E-state index in [-0.39, 0.29) is 6.04 Å². The van der Waals surface area contributed by atoms with Crippen molar-refractivity contribution in [3.05, 3.63) is 56.7 Å². The van der Waals surface area contributed by atoms with Crippen LogP contribution in [-0.2, 0) is 6.61 Å². The Labute approximate surface area is 136 Å². The number of benzene rings is 1. The molecule has 2 rings (SSSR count). The average Bonchev–Trinajstić information content (AvgIpc) is 2.45. The Morgan fingerprint density at radius 2 is 2.00 bits per heavy atom. The summed E-state index contributed by atoms with van der Waals surface area (Å²) in [7, 11) is 1.94. The highest BCUT2D eigenvalue weighted by Gasteiger charge is 2.11. The van der Waals surface area contributed by atoms with Gasteiger partial charge in [-0.25, -0.2) is 0 Å². The Balaban J connectivity index is 2.16. The molecule has 0 aliphatic carbocycles. The predicted octanol–water partition coefficient (Wildman–Crippen LogP) is 4.47. The van der Waals surface area contributed by atoms with Crippen molar-refractivity contribution < 1.29 is 4.74 Å². The quantitative estimate of drug-likeness (QED) is 0.805. The highest BCUT2D eigenvalue weighted by Crippen LogP contribution is 2.29. The molecule has 0 radical (unpaired) electrons. The summed E-state index contributed by atoms with van der Waals surface area (Å²) >= 11 is 6.91. The summed E-state index contributed by atoms with van der Waals surface area (Å²) in [6.07, 6.45) is 3.57. The van der Waals surface area contributed by atoms with E-state index >= 15 is 0 Å². The topological polar surface area (TPSA) is 34.1 Å². The summed E-state index contributed by atoms with van der Waals surface area (Å²) in [4.78, 5) is 4.14. The fourth-order valence-electron chi connectivity index (χ4n) is 1.84. The van der Waals surface area contributed by atoms with E-state index < -0.39 is 0 Å². The first-order valence-electron chi connectivity index (χ1n) is 6.29. The summed E-state index contributed by atoms with van der Waals surface area (Å²) < 4.78 is 7.94. The van der Waals surface area contributed by atoms with Gasteiger partial charge in [-0.1, -0.05) is 15.9 Å². The van der Waals surface area contributed by atoms with Crippen LogP contribution in [0.4, 0.5) is 0 Å². The Morgan fingerprint density at radius 1 is 1.20 bits per heavy atom. The molecule has 0 fully saturated rings. The Morgan fingerprint density at radius 3 is 2.70 bits per heavy atom. The van der Waals surface area contributed by atoms with E-state index in [0.717, 1.165) is 25.8 Å². The maximum absolute atomic E-state index is 5.93. The molecule has 0 bridgehead atoms. The Kier molecular flexibility index (Phi) is 5.57. The summed E-state index contributed by atoms with van der Waals surface area (Å²) in [6, 6.07) is 8.28. The fraction of sp³-hybridized carbons (Fsp3) is 0.267. The third kappa shape index (κ3) is 4.04. The van der Waals surface area contributed by atoms with Crippen LogP contribution in [0.5, 0.6) is 5.75 Å². The van der Waals surface area contributed by atoms with Gasteiger partial charge in [0.2, 0.25) is 0 Å². The first-order valence-corrected chi connectivity index (χ1v) is 7.87. The maximum atomic E-state index is 5.93. The number of nitrogens with one attached hydrogen (secondary N) is 1. The largest absolute Gasteiger partial charge is 0.489 e. The van der Waals surface area contributed by atoms with Gasteiger partial charge < -0.3 is 10.1 Å². The minimum atomic E-state index is 0.225. The van der Waals surface area contributed by atoms with Crippen molar-refractivity contribution in [3.63, 3.8) is 0 Å². The lowest BCUT2D eigenvalue weighted by atomic mass is 10.1. The molecule has 0 aliphatic heterocycles. The number of rotatable bonds is 5. The van der Waals surface area contributed by atoms with Gasteiger partial charge >= 0.3 is 0 Å². The molecular formula is C15H16Br2N2O. The van der Waals surface area contributed by atoms with E-state index in [1.807, 2.05) is 31.4 Å². The van der Waals surface area contributed by atoms with Gasteiger partial charge in [0.25, 0.3) is 0 Å². The number of hydrogen-bond acceptors (Lipinski definition) is 3. The van der Waals surface area contributed by atoms with E-state index in [2.05, 4.69) is 55.2 Å². The van der Waals surface area contributed by atoms with Crippen LogP contribution in [0.15, 0.2) is 45.6 Å². The predicted molar refractivity (Wildman–Crippen MR) is 87.9 cm³/mol. The zero-order valence-corrected chi connectivity index (χ0v) is 14.5. The summed E-state index contributed by atoms with van der Waals surface area (Å²) in [5, 5.41) is 3.24. The van der Waals surface area contributed by atoms with Gasteiger partial charge in [-0.2, -0.15) is 0 Å². The summed E-state index contributed by atoms with van der Waals surface area (Å²) in [6.45, 7) is 2.60. The fourth-order valence-corrected chi connectivity index (χ4v) is 2.63. The van der Waals surface area contributed by atoms with Crippen molar-refractivity contribution in [3.8, 4) is 5.75 Å². The van der Waals surface area contributed by atoms with Gasteiger partial charge in [0.1, 0.15) is 12.4 Å². The standard InChI is InChI=1S/C15H16Br2N2O/c1-10(18-2)14-6-12(16)3-4-15(14)20-9-11-5-13(17)8-19-7-11/h3-8,10,18H,9H2,1-2H3. The monoisotopic (exact) mass is 398 g/mol. The highest BCUT2D eigenvalue weighted by atomic mass is 79.9. The second-order valence-corrected chi connectivity index (χ2v) is 6.32. The van der Waals surface area contributed by atoms with E-state index in [1.165, 1.54) is 0 Å². The second-order valence-electron chi connectivity index (χ2n) is 4.49. The molecule has 0 spiro atoms. The van der Waals surface area contributed by atoms with Crippen LogP contribution in [0.1, 0.15) is 24.1 Å². The second kappa shape index (κ2) is 7.20. The van der Waals surface area contributed by atoms with Crippen LogP contribution >= 0.6 is 31.9 Å². The zero-order chi connectivity index (χ0) is 14.5. The van der Waals surface area contributed by atoms with Crippen molar-refractivity contribution >= 4 is 31.9 Å². The van der Waals surface area contributed by atoms with Gasteiger partial charge in [-0.15, -0.1) is 0 Å². The molecule has 106 valence electrons. The number of pyridine rings is 1. The number of ether oxygens (including phenoxy) is 1. The molecule has 1 unspecified atom stereocenters. The first kappa shape index (κ1) is 15.5. The maximum Gasteiger partial charge on any atom is 0.124 e. The van der Waals surface area contributed by atoms with Crippen LogP contribution in [0.25, 0.3) is 0 Å². The van der Waals surface area contributed by atoms with E-state index in [9.17, 15) is 0 Å². The first-order chi connectivity index (χ1) is 9.60. The van der Waals surface area contributed by atoms with E-state index in [0.29, 0.717) is 6.61 Å². The average molecular weight is 400 g/mol. The summed E-state index contributed by atoms with van der Waals surface area (Å²) in [5.74, 6) is 0.884. The lowest BCUT2D eigenvalue weighted by molar-refractivity contribution is 0.299. The molecule has 1 aromatic heterocycles. The third-order valence-electron chi connectivity index (χ3n) is 3.03. The molecule has 5 heteroatoms. The smallest absolute Gasteiger partial charge is 0.124 e. The molecule has 1 heterocycles. The molecule has 1 atom stereocenters. The Bertz CT molecular complexity index is 590. The lowest BCUT2D eigenvalue weighted by Gasteiger charge is -2.17. The molecule has 0 aliphatic rings. The normalized spacial score (nSPS) is 12.2. The minimum absolute atomic E-state index is 0.225.